The molecule has 0 heterocycles. The summed E-state index contributed by atoms with van der Waals surface area (Å²) < 4.78 is 0. The molecule has 2 aliphatic rings. The van der Waals surface area contributed by atoms with Crippen LogP contribution in [0.25, 0.3) is 0 Å². The van der Waals surface area contributed by atoms with Gasteiger partial charge in [-0.15, -0.1) is 0 Å². The van der Waals surface area contributed by atoms with E-state index in [0.29, 0.717) is 6.04 Å². The smallest absolute Gasteiger partial charge is 0.00697 e. The minimum absolute atomic E-state index is 0.539. The molecule has 0 amide bonds. The highest BCUT2D eigenvalue weighted by Gasteiger charge is 2.26. The van der Waals surface area contributed by atoms with E-state index in [1.807, 2.05) is 0 Å². The SMILES string of the molecule is NC(CC1CCCCC1)C1CCC1. The lowest BCUT2D eigenvalue weighted by atomic mass is 9.75. The summed E-state index contributed by atoms with van der Waals surface area (Å²) in [7, 11) is 0. The Bertz CT molecular complexity index is 145. The lowest BCUT2D eigenvalue weighted by Crippen LogP contribution is -2.36. The van der Waals surface area contributed by atoms with Gasteiger partial charge in [0.05, 0.1) is 0 Å². The molecule has 1 atom stereocenters. The Morgan fingerprint density at radius 2 is 1.62 bits per heavy atom. The van der Waals surface area contributed by atoms with E-state index >= 15 is 0 Å². The molecular formula is C12H23N. The highest BCUT2D eigenvalue weighted by atomic mass is 14.7. The molecule has 0 aromatic heterocycles. The molecule has 0 spiro atoms. The van der Waals surface area contributed by atoms with Gasteiger partial charge in [0.2, 0.25) is 0 Å². The first kappa shape index (κ1) is 9.51. The van der Waals surface area contributed by atoms with Gasteiger partial charge >= 0.3 is 0 Å². The van der Waals surface area contributed by atoms with Crippen molar-refractivity contribution >= 4 is 0 Å². The van der Waals surface area contributed by atoms with E-state index in [9.17, 15) is 0 Å². The summed E-state index contributed by atoms with van der Waals surface area (Å²) in [6.07, 6.45) is 12.9. The Morgan fingerprint density at radius 1 is 0.923 bits per heavy atom. The summed E-state index contributed by atoms with van der Waals surface area (Å²) in [6.45, 7) is 0. The van der Waals surface area contributed by atoms with Crippen LogP contribution in [0.5, 0.6) is 0 Å². The zero-order chi connectivity index (χ0) is 9.10. The molecule has 0 aromatic rings. The summed E-state index contributed by atoms with van der Waals surface area (Å²) in [5.41, 5.74) is 6.21. The Hall–Kier alpha value is -0.0400. The van der Waals surface area contributed by atoms with Crippen molar-refractivity contribution in [2.45, 2.75) is 63.8 Å². The third-order valence-corrected chi connectivity index (χ3v) is 4.09. The molecule has 0 aromatic carbocycles. The molecule has 2 aliphatic carbocycles. The van der Waals surface area contributed by atoms with Crippen molar-refractivity contribution in [3.63, 3.8) is 0 Å². The molecule has 0 radical (unpaired) electrons. The topological polar surface area (TPSA) is 26.0 Å². The molecule has 0 aliphatic heterocycles. The maximum Gasteiger partial charge on any atom is 0.00697 e. The highest BCUT2D eigenvalue weighted by molar-refractivity contribution is 4.82. The minimum Gasteiger partial charge on any atom is -0.327 e. The van der Waals surface area contributed by atoms with Gasteiger partial charge in [-0.3, -0.25) is 0 Å². The van der Waals surface area contributed by atoms with Gasteiger partial charge in [-0.1, -0.05) is 38.5 Å². The summed E-state index contributed by atoms with van der Waals surface area (Å²) in [6, 6.07) is 0.539. The second-order valence-electron chi connectivity index (χ2n) is 5.09. The maximum absolute atomic E-state index is 6.21. The van der Waals surface area contributed by atoms with E-state index in [0.717, 1.165) is 11.8 Å². The first-order chi connectivity index (χ1) is 6.36. The Morgan fingerprint density at radius 3 is 2.15 bits per heavy atom. The van der Waals surface area contributed by atoms with Gasteiger partial charge in [-0.2, -0.15) is 0 Å². The highest BCUT2D eigenvalue weighted by Crippen LogP contribution is 2.34. The van der Waals surface area contributed by atoms with Gasteiger partial charge in [-0.25, -0.2) is 0 Å². The number of hydrogen-bond acceptors (Lipinski definition) is 1. The third-order valence-electron chi connectivity index (χ3n) is 4.09. The number of nitrogens with two attached hydrogens (primary N) is 1. The summed E-state index contributed by atoms with van der Waals surface area (Å²) in [5, 5.41) is 0. The van der Waals surface area contributed by atoms with Gasteiger partial charge in [0, 0.05) is 6.04 Å². The predicted octanol–water partition coefficient (Wildman–Crippen LogP) is 3.08. The van der Waals surface area contributed by atoms with Crippen molar-refractivity contribution in [3.05, 3.63) is 0 Å². The van der Waals surface area contributed by atoms with Crippen LogP contribution in [0, 0.1) is 11.8 Å². The van der Waals surface area contributed by atoms with Crippen LogP contribution in [0.15, 0.2) is 0 Å². The molecular weight excluding hydrogens is 158 g/mol. The molecule has 0 bridgehead atoms. The standard InChI is InChI=1S/C12H23N/c13-12(11-7-4-8-11)9-10-5-2-1-3-6-10/h10-12H,1-9,13H2. The lowest BCUT2D eigenvalue weighted by Gasteiger charge is -2.34. The van der Waals surface area contributed by atoms with Crippen molar-refractivity contribution in [1.82, 2.24) is 0 Å². The molecule has 2 fully saturated rings. The lowest BCUT2D eigenvalue weighted by molar-refractivity contribution is 0.213. The van der Waals surface area contributed by atoms with E-state index in [2.05, 4.69) is 0 Å². The molecule has 2 rings (SSSR count). The van der Waals surface area contributed by atoms with Crippen LogP contribution in [0.2, 0.25) is 0 Å². The van der Waals surface area contributed by atoms with Crippen LogP contribution < -0.4 is 5.73 Å². The fourth-order valence-corrected chi connectivity index (χ4v) is 2.87. The fraction of sp³-hybridized carbons (Fsp3) is 1.00. The van der Waals surface area contributed by atoms with E-state index in [-0.39, 0.29) is 0 Å². The average Bonchev–Trinajstić information content (AvgIpc) is 2.02. The largest absolute Gasteiger partial charge is 0.327 e. The average molecular weight is 181 g/mol. The monoisotopic (exact) mass is 181 g/mol. The van der Waals surface area contributed by atoms with E-state index in [1.54, 1.807) is 0 Å². The van der Waals surface area contributed by atoms with Crippen LogP contribution in [0.4, 0.5) is 0 Å². The Labute approximate surface area is 82.1 Å². The van der Waals surface area contributed by atoms with Crippen molar-refractivity contribution in [2.75, 3.05) is 0 Å². The van der Waals surface area contributed by atoms with Crippen molar-refractivity contribution < 1.29 is 0 Å². The first-order valence-corrected chi connectivity index (χ1v) is 6.12. The van der Waals surface area contributed by atoms with Gasteiger partial charge in [0.15, 0.2) is 0 Å². The molecule has 0 saturated heterocycles. The van der Waals surface area contributed by atoms with Crippen LogP contribution in [0.1, 0.15) is 57.8 Å². The van der Waals surface area contributed by atoms with Crippen LogP contribution in [-0.2, 0) is 0 Å². The van der Waals surface area contributed by atoms with Gasteiger partial charge in [0.1, 0.15) is 0 Å². The summed E-state index contributed by atoms with van der Waals surface area (Å²) in [4.78, 5) is 0. The molecule has 1 unspecified atom stereocenters. The second-order valence-corrected chi connectivity index (χ2v) is 5.09. The number of hydrogen-bond donors (Lipinski definition) is 1. The molecule has 2 N–H and O–H groups in total. The molecule has 13 heavy (non-hydrogen) atoms. The second kappa shape index (κ2) is 4.45. The van der Waals surface area contributed by atoms with E-state index in [1.165, 1.54) is 57.8 Å². The van der Waals surface area contributed by atoms with E-state index < -0.39 is 0 Å². The van der Waals surface area contributed by atoms with Crippen LogP contribution in [0.3, 0.4) is 0 Å². The van der Waals surface area contributed by atoms with Gasteiger partial charge in [0.25, 0.3) is 0 Å². The van der Waals surface area contributed by atoms with Crippen molar-refractivity contribution in [2.24, 2.45) is 17.6 Å². The zero-order valence-electron chi connectivity index (χ0n) is 8.67. The summed E-state index contributed by atoms with van der Waals surface area (Å²) in [5.74, 6) is 1.87. The van der Waals surface area contributed by atoms with Gasteiger partial charge < -0.3 is 5.73 Å². The Kier molecular flexibility index (Phi) is 3.26. The maximum atomic E-state index is 6.21. The molecule has 1 nitrogen and oxygen atoms in total. The normalized spacial score (nSPS) is 28.4. The predicted molar refractivity (Wildman–Crippen MR) is 56.5 cm³/mol. The minimum atomic E-state index is 0.539. The first-order valence-electron chi connectivity index (χ1n) is 6.12. The molecule has 76 valence electrons. The third kappa shape index (κ3) is 2.46. The van der Waals surface area contributed by atoms with Crippen molar-refractivity contribution in [3.8, 4) is 0 Å². The fourth-order valence-electron chi connectivity index (χ4n) is 2.87. The van der Waals surface area contributed by atoms with Gasteiger partial charge in [-0.05, 0) is 31.1 Å². The van der Waals surface area contributed by atoms with Crippen molar-refractivity contribution in [1.29, 1.82) is 0 Å². The molecule has 1 heteroatoms. The zero-order valence-corrected chi connectivity index (χ0v) is 8.67. The summed E-state index contributed by atoms with van der Waals surface area (Å²) >= 11 is 0. The molecule has 2 saturated carbocycles. The quantitative estimate of drug-likeness (QED) is 0.711. The van der Waals surface area contributed by atoms with Crippen LogP contribution in [-0.4, -0.2) is 6.04 Å². The number of rotatable bonds is 3. The van der Waals surface area contributed by atoms with Crippen LogP contribution >= 0.6 is 0 Å². The Balaban J connectivity index is 1.69. The van der Waals surface area contributed by atoms with E-state index in [4.69, 9.17) is 5.73 Å².